The van der Waals surface area contributed by atoms with Crippen molar-refractivity contribution in [3.8, 4) is 0 Å². The van der Waals surface area contributed by atoms with Crippen LogP contribution in [0.25, 0.3) is 0 Å². The van der Waals surface area contributed by atoms with Crippen molar-refractivity contribution in [1.82, 2.24) is 0 Å². The van der Waals surface area contributed by atoms with E-state index < -0.39 is 5.60 Å². The van der Waals surface area contributed by atoms with Gasteiger partial charge in [-0.25, -0.2) is 0 Å². The molecule has 0 unspecified atom stereocenters. The average molecular weight is 430 g/mol. The van der Waals surface area contributed by atoms with Crippen LogP contribution in [0.2, 0.25) is 0 Å². The minimum absolute atomic E-state index is 0.0447. The summed E-state index contributed by atoms with van der Waals surface area (Å²) in [5, 5.41) is -0.0447. The summed E-state index contributed by atoms with van der Waals surface area (Å²) in [5.74, 6) is 0.736. The molecule has 0 bridgehead atoms. The lowest BCUT2D eigenvalue weighted by Gasteiger charge is -2.17. The minimum Gasteiger partial charge on any atom is -0.456 e. The summed E-state index contributed by atoms with van der Waals surface area (Å²) in [6.45, 7) is 3.89. The number of thioether (sulfide) groups is 1. The fourth-order valence-corrected chi connectivity index (χ4v) is 4.03. The van der Waals surface area contributed by atoms with Crippen LogP contribution in [-0.2, 0) is 14.3 Å². The standard InChI is InChI=1S/C25H35NO3S/c1-3-4-5-6-7-8-9-10-11-15-20-30-22(27)18-19-25(2)24(28)26-23(29-25)21-16-13-12-14-17-21/h12-14,16-19H,3-11,15,20H2,1-2H3/b19-18+/t25-/m1/s1. The van der Waals surface area contributed by atoms with Crippen molar-refractivity contribution >= 4 is 28.7 Å². The Morgan fingerprint density at radius 3 is 2.23 bits per heavy atom. The molecule has 2 rings (SSSR count). The van der Waals surface area contributed by atoms with Gasteiger partial charge in [-0.1, -0.05) is 94.7 Å². The van der Waals surface area contributed by atoms with Crippen LogP contribution in [0.15, 0.2) is 47.5 Å². The van der Waals surface area contributed by atoms with E-state index in [1.807, 2.05) is 30.3 Å². The Labute approximate surface area is 185 Å². The van der Waals surface area contributed by atoms with Crippen molar-refractivity contribution in [2.45, 2.75) is 83.7 Å². The highest BCUT2D eigenvalue weighted by molar-refractivity contribution is 8.14. The van der Waals surface area contributed by atoms with Gasteiger partial charge in [0, 0.05) is 11.3 Å². The summed E-state index contributed by atoms with van der Waals surface area (Å²) >= 11 is 1.30. The lowest BCUT2D eigenvalue weighted by Crippen LogP contribution is -2.31. The number of ether oxygens (including phenoxy) is 1. The van der Waals surface area contributed by atoms with Crippen molar-refractivity contribution in [3.63, 3.8) is 0 Å². The van der Waals surface area contributed by atoms with Crippen LogP contribution < -0.4 is 0 Å². The monoisotopic (exact) mass is 429 g/mol. The lowest BCUT2D eigenvalue weighted by molar-refractivity contribution is -0.126. The molecule has 1 aliphatic heterocycles. The van der Waals surface area contributed by atoms with Gasteiger partial charge in [0.2, 0.25) is 16.6 Å². The summed E-state index contributed by atoms with van der Waals surface area (Å²) in [4.78, 5) is 28.4. The molecule has 0 saturated carbocycles. The van der Waals surface area contributed by atoms with Crippen molar-refractivity contribution in [2.75, 3.05) is 5.75 Å². The lowest BCUT2D eigenvalue weighted by atomic mass is 10.1. The number of carbonyl (C=O) groups is 2. The van der Waals surface area contributed by atoms with Gasteiger partial charge in [-0.2, -0.15) is 4.99 Å². The van der Waals surface area contributed by atoms with E-state index in [0.29, 0.717) is 5.90 Å². The third-order valence-corrected chi connectivity index (χ3v) is 6.15. The quantitative estimate of drug-likeness (QED) is 0.251. The summed E-state index contributed by atoms with van der Waals surface area (Å²) in [5.41, 5.74) is -0.456. The summed E-state index contributed by atoms with van der Waals surface area (Å²) in [7, 11) is 0. The molecular formula is C25H35NO3S. The molecule has 0 spiro atoms. The molecule has 0 aliphatic carbocycles. The minimum atomic E-state index is -1.21. The van der Waals surface area contributed by atoms with E-state index in [9.17, 15) is 9.59 Å². The fourth-order valence-electron chi connectivity index (χ4n) is 3.32. The number of aliphatic imine (C=N–C) groups is 1. The van der Waals surface area contributed by atoms with Gasteiger partial charge < -0.3 is 4.74 Å². The first kappa shape index (κ1) is 24.4. The molecule has 1 atom stereocenters. The normalized spacial score (nSPS) is 18.6. The molecule has 0 N–H and O–H groups in total. The van der Waals surface area contributed by atoms with E-state index in [1.165, 1.54) is 81.7 Å². The highest BCUT2D eigenvalue weighted by atomic mass is 32.2. The zero-order valence-corrected chi connectivity index (χ0v) is 19.2. The average Bonchev–Trinajstić information content (AvgIpc) is 3.06. The Morgan fingerprint density at radius 1 is 1.00 bits per heavy atom. The second kappa shape index (κ2) is 13.4. The number of rotatable bonds is 14. The molecule has 1 aromatic carbocycles. The van der Waals surface area contributed by atoms with Crippen LogP contribution >= 0.6 is 11.8 Å². The van der Waals surface area contributed by atoms with E-state index >= 15 is 0 Å². The zero-order chi connectivity index (χ0) is 21.7. The van der Waals surface area contributed by atoms with Gasteiger partial charge in [-0.3, -0.25) is 9.59 Å². The molecule has 5 heteroatoms. The first-order valence-corrected chi connectivity index (χ1v) is 12.3. The van der Waals surface area contributed by atoms with E-state index in [0.717, 1.165) is 17.7 Å². The first-order valence-electron chi connectivity index (χ1n) is 11.3. The summed E-state index contributed by atoms with van der Waals surface area (Å²) in [6.07, 6.45) is 15.8. The number of unbranched alkanes of at least 4 members (excludes halogenated alkanes) is 9. The van der Waals surface area contributed by atoms with E-state index in [1.54, 1.807) is 6.92 Å². The Hall–Kier alpha value is -1.88. The Balaban J connectivity index is 1.59. The van der Waals surface area contributed by atoms with Crippen molar-refractivity contribution in [2.24, 2.45) is 4.99 Å². The van der Waals surface area contributed by atoms with Gasteiger partial charge in [-0.05, 0) is 37.6 Å². The van der Waals surface area contributed by atoms with E-state index in [2.05, 4.69) is 11.9 Å². The molecule has 0 aromatic heterocycles. The van der Waals surface area contributed by atoms with Crippen LogP contribution in [0.4, 0.5) is 0 Å². The molecule has 0 fully saturated rings. The number of hydrogen-bond acceptors (Lipinski definition) is 4. The first-order chi connectivity index (χ1) is 14.5. The molecular weight excluding hydrogens is 394 g/mol. The van der Waals surface area contributed by atoms with Crippen LogP contribution in [0, 0.1) is 0 Å². The Bertz CT molecular complexity index is 729. The van der Waals surface area contributed by atoms with Gasteiger partial charge >= 0.3 is 0 Å². The van der Waals surface area contributed by atoms with Gasteiger partial charge in [-0.15, -0.1) is 0 Å². The topological polar surface area (TPSA) is 55.7 Å². The second-order valence-corrected chi connectivity index (χ2v) is 9.08. The molecule has 0 radical (unpaired) electrons. The van der Waals surface area contributed by atoms with Crippen molar-refractivity contribution in [1.29, 1.82) is 0 Å². The largest absolute Gasteiger partial charge is 0.456 e. The predicted molar refractivity (Wildman–Crippen MR) is 126 cm³/mol. The molecule has 164 valence electrons. The predicted octanol–water partition coefficient (Wildman–Crippen LogP) is 6.49. The molecule has 1 amide bonds. The van der Waals surface area contributed by atoms with Gasteiger partial charge in [0.05, 0.1) is 0 Å². The number of hydrogen-bond donors (Lipinski definition) is 0. The highest BCUT2D eigenvalue weighted by Gasteiger charge is 2.40. The molecule has 30 heavy (non-hydrogen) atoms. The number of carbonyl (C=O) groups excluding carboxylic acids is 2. The fraction of sp³-hybridized carbons (Fsp3) is 0.560. The molecule has 0 saturated heterocycles. The highest BCUT2D eigenvalue weighted by Crippen LogP contribution is 2.25. The van der Waals surface area contributed by atoms with Gasteiger partial charge in [0.15, 0.2) is 0 Å². The summed E-state index contributed by atoms with van der Waals surface area (Å²) < 4.78 is 5.76. The van der Waals surface area contributed by atoms with Gasteiger partial charge in [0.1, 0.15) is 0 Å². The number of amides is 1. The number of nitrogens with zero attached hydrogens (tertiary/aromatic N) is 1. The van der Waals surface area contributed by atoms with Crippen LogP contribution in [-0.4, -0.2) is 28.3 Å². The maximum Gasteiger partial charge on any atom is 0.296 e. The Kier molecular flexibility index (Phi) is 10.9. The summed E-state index contributed by atoms with van der Waals surface area (Å²) in [6, 6.07) is 9.31. The molecule has 1 heterocycles. The molecule has 1 aliphatic rings. The van der Waals surface area contributed by atoms with Crippen molar-refractivity contribution in [3.05, 3.63) is 48.0 Å². The van der Waals surface area contributed by atoms with Gasteiger partial charge in [0.25, 0.3) is 5.91 Å². The third-order valence-electron chi connectivity index (χ3n) is 5.24. The maximum atomic E-state index is 12.3. The Morgan fingerprint density at radius 2 is 1.60 bits per heavy atom. The molecule has 1 aromatic rings. The third kappa shape index (κ3) is 8.47. The smallest absolute Gasteiger partial charge is 0.296 e. The zero-order valence-electron chi connectivity index (χ0n) is 18.4. The van der Waals surface area contributed by atoms with Crippen LogP contribution in [0.5, 0.6) is 0 Å². The molecule has 4 nitrogen and oxygen atoms in total. The van der Waals surface area contributed by atoms with E-state index in [4.69, 9.17) is 4.74 Å². The van der Waals surface area contributed by atoms with Crippen LogP contribution in [0.1, 0.15) is 83.6 Å². The van der Waals surface area contributed by atoms with Crippen molar-refractivity contribution < 1.29 is 14.3 Å². The second-order valence-electron chi connectivity index (χ2n) is 7.98. The van der Waals surface area contributed by atoms with Crippen LogP contribution in [0.3, 0.4) is 0 Å². The number of benzene rings is 1. The maximum absolute atomic E-state index is 12.3. The SMILES string of the molecule is CCCCCCCCCCCCSC(=O)/C=C/[C@@]1(C)OC(c2ccccc2)=NC1=O. The van der Waals surface area contributed by atoms with E-state index in [-0.39, 0.29) is 11.0 Å².